The molecule has 11 heteroatoms. The highest BCUT2D eigenvalue weighted by molar-refractivity contribution is 7.99. The number of carbonyl (C=O) groups is 1. The predicted octanol–water partition coefficient (Wildman–Crippen LogP) is 5.58. The second kappa shape index (κ2) is 9.20. The van der Waals surface area contributed by atoms with E-state index in [0.717, 1.165) is 0 Å². The number of benzene rings is 2. The number of thioether (sulfide) groups is 1. The quantitative estimate of drug-likeness (QED) is 0.472. The Bertz CT molecular complexity index is 1060. The van der Waals surface area contributed by atoms with Crippen LogP contribution in [0.5, 0.6) is 5.75 Å². The molecule has 0 atom stereocenters. The fourth-order valence-electron chi connectivity index (χ4n) is 2.54. The van der Waals surface area contributed by atoms with Crippen molar-refractivity contribution in [1.82, 2.24) is 14.9 Å². The van der Waals surface area contributed by atoms with E-state index in [4.69, 9.17) is 23.2 Å². The molecule has 1 N–H and O–H groups in total. The first-order valence-electron chi connectivity index (χ1n) is 8.40. The van der Waals surface area contributed by atoms with Crippen LogP contribution >= 0.6 is 35.0 Å². The molecule has 0 unspecified atom stereocenters. The first-order valence-corrected chi connectivity index (χ1v) is 10.1. The van der Waals surface area contributed by atoms with Crippen LogP contribution in [0.4, 0.5) is 13.2 Å². The first-order chi connectivity index (χ1) is 14.2. The Morgan fingerprint density at radius 3 is 2.47 bits per heavy atom. The number of hydrogen-bond acceptors (Lipinski definition) is 4. The Balaban J connectivity index is 2.03. The molecule has 0 aliphatic heterocycles. The SMILES string of the molecule is CNC(=O)CSc1ncc(-c2ccc(Cl)c(Cl)c2)n1-c1ccc(OC(F)(F)F)cc1. The summed E-state index contributed by atoms with van der Waals surface area (Å²) in [7, 11) is 1.52. The van der Waals surface area contributed by atoms with Gasteiger partial charge in [0.2, 0.25) is 5.91 Å². The van der Waals surface area contributed by atoms with Crippen LogP contribution < -0.4 is 10.1 Å². The minimum atomic E-state index is -4.78. The molecule has 0 fully saturated rings. The average molecular weight is 476 g/mol. The lowest BCUT2D eigenvalue weighted by Crippen LogP contribution is -2.20. The summed E-state index contributed by atoms with van der Waals surface area (Å²) >= 11 is 13.3. The first kappa shape index (κ1) is 22.3. The Hall–Kier alpha value is -2.36. The van der Waals surface area contributed by atoms with E-state index in [1.54, 1.807) is 29.0 Å². The fraction of sp³-hybridized carbons (Fsp3) is 0.158. The molecule has 0 radical (unpaired) electrons. The van der Waals surface area contributed by atoms with Gasteiger partial charge in [-0.3, -0.25) is 9.36 Å². The monoisotopic (exact) mass is 475 g/mol. The summed E-state index contributed by atoms with van der Waals surface area (Å²) in [6.07, 6.45) is -3.19. The third-order valence-electron chi connectivity index (χ3n) is 3.88. The van der Waals surface area contributed by atoms with Gasteiger partial charge < -0.3 is 10.1 Å². The van der Waals surface area contributed by atoms with E-state index in [2.05, 4.69) is 15.0 Å². The van der Waals surface area contributed by atoms with Crippen molar-refractivity contribution in [3.8, 4) is 22.7 Å². The van der Waals surface area contributed by atoms with E-state index in [0.29, 0.717) is 32.1 Å². The van der Waals surface area contributed by atoms with E-state index >= 15 is 0 Å². The highest BCUT2D eigenvalue weighted by Crippen LogP contribution is 2.34. The summed E-state index contributed by atoms with van der Waals surface area (Å²) in [6, 6.07) is 10.4. The third-order valence-corrected chi connectivity index (χ3v) is 5.58. The molecule has 1 heterocycles. The fourth-order valence-corrected chi connectivity index (χ4v) is 3.71. The van der Waals surface area contributed by atoms with Crippen molar-refractivity contribution in [3.63, 3.8) is 0 Å². The summed E-state index contributed by atoms with van der Waals surface area (Å²) < 4.78 is 43.0. The van der Waals surface area contributed by atoms with Gasteiger partial charge in [-0.05, 0) is 36.4 Å². The van der Waals surface area contributed by atoms with Crippen LogP contribution in [0.25, 0.3) is 16.9 Å². The molecular weight excluding hydrogens is 462 g/mol. The van der Waals surface area contributed by atoms with Gasteiger partial charge in [-0.2, -0.15) is 0 Å². The van der Waals surface area contributed by atoms with Crippen LogP contribution in [0.15, 0.2) is 53.8 Å². The molecule has 158 valence electrons. The standard InChI is InChI=1S/C19H14Cl2F3N3O2S/c1-25-17(28)10-30-18-26-9-16(11-2-7-14(20)15(21)8-11)27(18)12-3-5-13(6-4-12)29-19(22,23)24/h2-9H,10H2,1H3,(H,25,28). The van der Waals surface area contributed by atoms with Gasteiger partial charge in [-0.15, -0.1) is 13.2 Å². The van der Waals surface area contributed by atoms with Gasteiger partial charge in [0, 0.05) is 18.3 Å². The van der Waals surface area contributed by atoms with Gasteiger partial charge in [0.05, 0.1) is 27.7 Å². The van der Waals surface area contributed by atoms with Crippen LogP contribution in [-0.2, 0) is 4.79 Å². The smallest absolute Gasteiger partial charge is 0.406 e. The maximum Gasteiger partial charge on any atom is 0.573 e. The maximum atomic E-state index is 12.4. The lowest BCUT2D eigenvalue weighted by Gasteiger charge is -2.14. The van der Waals surface area contributed by atoms with Crippen molar-refractivity contribution in [2.75, 3.05) is 12.8 Å². The van der Waals surface area contributed by atoms with Crippen LogP contribution in [-0.4, -0.2) is 34.6 Å². The maximum absolute atomic E-state index is 12.4. The lowest BCUT2D eigenvalue weighted by atomic mass is 10.1. The molecule has 0 aliphatic rings. The Kier molecular flexibility index (Phi) is 6.84. The number of nitrogens with one attached hydrogen (secondary N) is 1. The van der Waals surface area contributed by atoms with Crippen molar-refractivity contribution >= 4 is 40.9 Å². The Morgan fingerprint density at radius 2 is 1.87 bits per heavy atom. The van der Waals surface area contributed by atoms with Gasteiger partial charge in [0.15, 0.2) is 5.16 Å². The number of imidazole rings is 1. The molecule has 0 bridgehead atoms. The summed E-state index contributed by atoms with van der Waals surface area (Å²) in [4.78, 5) is 16.0. The molecule has 3 rings (SSSR count). The molecule has 30 heavy (non-hydrogen) atoms. The molecule has 0 aliphatic carbocycles. The minimum Gasteiger partial charge on any atom is -0.406 e. The number of alkyl halides is 3. The largest absolute Gasteiger partial charge is 0.573 e. The van der Waals surface area contributed by atoms with Crippen LogP contribution in [0.1, 0.15) is 0 Å². The number of ether oxygens (including phenoxy) is 1. The van der Waals surface area contributed by atoms with Gasteiger partial charge in [-0.25, -0.2) is 4.98 Å². The molecule has 1 amide bonds. The van der Waals surface area contributed by atoms with Gasteiger partial charge in [-0.1, -0.05) is 41.0 Å². The van der Waals surface area contributed by atoms with Crippen molar-refractivity contribution < 1.29 is 22.7 Å². The highest BCUT2D eigenvalue weighted by Gasteiger charge is 2.31. The number of amides is 1. The topological polar surface area (TPSA) is 56.2 Å². The molecule has 5 nitrogen and oxygen atoms in total. The zero-order chi connectivity index (χ0) is 21.9. The van der Waals surface area contributed by atoms with Crippen molar-refractivity contribution in [1.29, 1.82) is 0 Å². The second-order valence-corrected chi connectivity index (χ2v) is 7.65. The van der Waals surface area contributed by atoms with Crippen molar-refractivity contribution in [2.24, 2.45) is 0 Å². The van der Waals surface area contributed by atoms with E-state index < -0.39 is 6.36 Å². The van der Waals surface area contributed by atoms with Crippen LogP contribution in [0.2, 0.25) is 10.0 Å². The molecular formula is C19H14Cl2F3N3O2S. The molecule has 0 saturated carbocycles. The number of nitrogens with zero attached hydrogens (tertiary/aromatic N) is 2. The summed E-state index contributed by atoms with van der Waals surface area (Å²) in [5.74, 6) is -0.426. The molecule has 2 aromatic carbocycles. The normalized spacial score (nSPS) is 11.4. The molecule has 0 spiro atoms. The number of aromatic nitrogens is 2. The van der Waals surface area contributed by atoms with E-state index in [1.165, 1.54) is 43.1 Å². The Labute approximate surface area is 184 Å². The van der Waals surface area contributed by atoms with Gasteiger partial charge in [0.25, 0.3) is 0 Å². The summed E-state index contributed by atoms with van der Waals surface area (Å²) in [5.41, 5.74) is 1.85. The third kappa shape index (κ3) is 5.41. The number of halogens is 5. The minimum absolute atomic E-state index is 0.115. The summed E-state index contributed by atoms with van der Waals surface area (Å²) in [5, 5.41) is 3.73. The van der Waals surface area contributed by atoms with E-state index in [9.17, 15) is 18.0 Å². The molecule has 0 saturated heterocycles. The molecule has 3 aromatic rings. The van der Waals surface area contributed by atoms with Crippen LogP contribution in [0.3, 0.4) is 0 Å². The van der Waals surface area contributed by atoms with Gasteiger partial charge >= 0.3 is 6.36 Å². The van der Waals surface area contributed by atoms with Gasteiger partial charge in [0.1, 0.15) is 5.75 Å². The molecule has 1 aromatic heterocycles. The Morgan fingerprint density at radius 1 is 1.17 bits per heavy atom. The van der Waals surface area contributed by atoms with E-state index in [-0.39, 0.29) is 17.4 Å². The zero-order valence-corrected chi connectivity index (χ0v) is 17.7. The number of carbonyl (C=O) groups excluding carboxylic acids is 1. The van der Waals surface area contributed by atoms with Crippen molar-refractivity contribution in [2.45, 2.75) is 11.5 Å². The lowest BCUT2D eigenvalue weighted by molar-refractivity contribution is -0.274. The average Bonchev–Trinajstić information content (AvgIpc) is 3.11. The van der Waals surface area contributed by atoms with E-state index in [1.807, 2.05) is 0 Å². The van der Waals surface area contributed by atoms with Crippen LogP contribution in [0, 0.1) is 0 Å². The zero-order valence-electron chi connectivity index (χ0n) is 15.3. The predicted molar refractivity (Wildman–Crippen MR) is 110 cm³/mol. The highest BCUT2D eigenvalue weighted by atomic mass is 35.5. The number of hydrogen-bond donors (Lipinski definition) is 1. The summed E-state index contributed by atoms with van der Waals surface area (Å²) in [6.45, 7) is 0. The second-order valence-electron chi connectivity index (χ2n) is 5.89. The van der Waals surface area contributed by atoms with Crippen molar-refractivity contribution in [3.05, 3.63) is 58.7 Å². The number of rotatable bonds is 6.